The van der Waals surface area contributed by atoms with Crippen molar-refractivity contribution < 1.29 is 19.1 Å². The Morgan fingerprint density at radius 1 is 1.11 bits per heavy atom. The summed E-state index contributed by atoms with van der Waals surface area (Å²) in [6.45, 7) is 4.32. The number of ether oxygens (including phenoxy) is 2. The van der Waals surface area contributed by atoms with Crippen LogP contribution in [-0.2, 0) is 4.79 Å². The van der Waals surface area contributed by atoms with Gasteiger partial charge in [-0.3, -0.25) is 14.5 Å². The normalized spacial score (nSPS) is 15.2. The minimum Gasteiger partial charge on any atom is -0.490 e. The molecule has 144 valence electrons. The molecule has 0 aliphatic carbocycles. The third-order valence-corrected chi connectivity index (χ3v) is 5.03. The number of carbonyl (C=O) groups is 2. The minimum atomic E-state index is -0.338. The van der Waals surface area contributed by atoms with E-state index in [1.165, 1.54) is 4.90 Å². The van der Waals surface area contributed by atoms with Crippen LogP contribution in [0.3, 0.4) is 0 Å². The Bertz CT molecular complexity index is 928. The average molecular weight is 416 g/mol. The molecule has 0 aromatic heterocycles. The molecule has 1 aliphatic rings. The van der Waals surface area contributed by atoms with Crippen molar-refractivity contribution in [1.29, 1.82) is 0 Å². The molecule has 0 radical (unpaired) electrons. The molecule has 1 saturated heterocycles. The summed E-state index contributed by atoms with van der Waals surface area (Å²) in [5.41, 5.74) is 0.777. The number of hydrogen-bond donors (Lipinski definition) is 0. The summed E-state index contributed by atoms with van der Waals surface area (Å²) in [6, 6.07) is 14.3. The third-order valence-electron chi connectivity index (χ3n) is 3.81. The average Bonchev–Trinajstić information content (AvgIpc) is 2.95. The number of rotatable bonds is 8. The van der Waals surface area contributed by atoms with Gasteiger partial charge in [0.15, 0.2) is 0 Å². The standard InChI is InChI=1S/C21H18ClNO4S/c1-2-11-26-16-7-5-6-15(13-16)14-19-20(24)23(21(25)28-19)10-12-27-18-9-4-3-8-17(18)22/h2-9,13-14H,1,10-12H2/b19-14-. The summed E-state index contributed by atoms with van der Waals surface area (Å²) in [4.78, 5) is 26.3. The molecule has 0 spiro atoms. The monoisotopic (exact) mass is 415 g/mol. The fourth-order valence-electron chi connectivity index (χ4n) is 2.50. The maximum absolute atomic E-state index is 12.6. The van der Waals surface area contributed by atoms with E-state index in [0.717, 1.165) is 17.3 Å². The quantitative estimate of drug-likeness (QED) is 0.447. The van der Waals surface area contributed by atoms with Crippen LogP contribution < -0.4 is 9.47 Å². The van der Waals surface area contributed by atoms with Gasteiger partial charge in [-0.05, 0) is 47.7 Å². The lowest BCUT2D eigenvalue weighted by atomic mass is 10.2. The van der Waals surface area contributed by atoms with Gasteiger partial charge >= 0.3 is 0 Å². The number of amides is 2. The Hall–Kier alpha value is -2.70. The van der Waals surface area contributed by atoms with Crippen LogP contribution in [-0.4, -0.2) is 35.8 Å². The number of hydrogen-bond acceptors (Lipinski definition) is 5. The van der Waals surface area contributed by atoms with Crippen LogP contribution in [0.25, 0.3) is 6.08 Å². The van der Waals surface area contributed by atoms with Gasteiger partial charge in [0.1, 0.15) is 24.7 Å². The highest BCUT2D eigenvalue weighted by molar-refractivity contribution is 8.18. The molecule has 1 heterocycles. The Labute approximate surface area is 172 Å². The number of benzene rings is 2. The Kier molecular flexibility index (Phi) is 6.79. The van der Waals surface area contributed by atoms with Gasteiger partial charge < -0.3 is 9.47 Å². The van der Waals surface area contributed by atoms with Crippen LogP contribution in [0, 0.1) is 0 Å². The fraction of sp³-hybridized carbons (Fsp3) is 0.143. The van der Waals surface area contributed by atoms with Crippen molar-refractivity contribution in [3.05, 3.63) is 76.7 Å². The molecule has 0 atom stereocenters. The van der Waals surface area contributed by atoms with Crippen molar-refractivity contribution in [1.82, 2.24) is 4.90 Å². The second-order valence-electron chi connectivity index (χ2n) is 5.78. The zero-order valence-corrected chi connectivity index (χ0v) is 16.5. The zero-order valence-electron chi connectivity index (χ0n) is 15.0. The van der Waals surface area contributed by atoms with Crippen LogP contribution in [0.15, 0.2) is 66.1 Å². The molecule has 2 amide bonds. The smallest absolute Gasteiger partial charge is 0.293 e. The molecule has 2 aromatic carbocycles. The summed E-state index contributed by atoms with van der Waals surface area (Å²) < 4.78 is 11.1. The highest BCUT2D eigenvalue weighted by atomic mass is 35.5. The first-order chi connectivity index (χ1) is 13.6. The van der Waals surface area contributed by atoms with Gasteiger partial charge in [-0.15, -0.1) is 0 Å². The highest BCUT2D eigenvalue weighted by Crippen LogP contribution is 2.32. The van der Waals surface area contributed by atoms with Crippen LogP contribution >= 0.6 is 23.4 Å². The molecule has 0 unspecified atom stereocenters. The van der Waals surface area contributed by atoms with E-state index in [0.29, 0.717) is 28.0 Å². The van der Waals surface area contributed by atoms with E-state index in [1.54, 1.807) is 42.5 Å². The Morgan fingerprint density at radius 3 is 2.71 bits per heavy atom. The predicted octanol–water partition coefficient (Wildman–Crippen LogP) is 5.02. The van der Waals surface area contributed by atoms with Crippen molar-refractivity contribution >= 4 is 40.6 Å². The van der Waals surface area contributed by atoms with E-state index >= 15 is 0 Å². The lowest BCUT2D eigenvalue weighted by Crippen LogP contribution is -2.32. The molecule has 0 bridgehead atoms. The Balaban J connectivity index is 1.63. The first-order valence-corrected chi connectivity index (χ1v) is 9.74. The summed E-state index contributed by atoms with van der Waals surface area (Å²) >= 11 is 6.94. The number of nitrogens with zero attached hydrogens (tertiary/aromatic N) is 1. The second-order valence-corrected chi connectivity index (χ2v) is 7.18. The maximum Gasteiger partial charge on any atom is 0.293 e. The topological polar surface area (TPSA) is 55.8 Å². The molecule has 1 fully saturated rings. The van der Waals surface area contributed by atoms with Gasteiger partial charge in [-0.1, -0.05) is 48.5 Å². The predicted molar refractivity (Wildman–Crippen MR) is 112 cm³/mol. The van der Waals surface area contributed by atoms with Gasteiger partial charge in [-0.2, -0.15) is 0 Å². The number of carbonyl (C=O) groups excluding carboxylic acids is 2. The van der Waals surface area contributed by atoms with Gasteiger partial charge in [0.25, 0.3) is 11.1 Å². The highest BCUT2D eigenvalue weighted by Gasteiger charge is 2.34. The van der Waals surface area contributed by atoms with Crippen molar-refractivity contribution in [3.63, 3.8) is 0 Å². The van der Waals surface area contributed by atoms with Gasteiger partial charge in [0.2, 0.25) is 0 Å². The molecule has 0 saturated carbocycles. The molecular formula is C21H18ClNO4S. The minimum absolute atomic E-state index is 0.149. The Morgan fingerprint density at radius 2 is 1.93 bits per heavy atom. The maximum atomic E-state index is 12.6. The summed E-state index contributed by atoms with van der Waals surface area (Å²) in [5, 5.41) is 0.160. The summed E-state index contributed by atoms with van der Waals surface area (Å²) in [5.74, 6) is 0.846. The lowest BCUT2D eigenvalue weighted by molar-refractivity contribution is -0.123. The molecule has 28 heavy (non-hydrogen) atoms. The van der Waals surface area contributed by atoms with E-state index in [9.17, 15) is 9.59 Å². The fourth-order valence-corrected chi connectivity index (χ4v) is 3.56. The largest absolute Gasteiger partial charge is 0.490 e. The first kappa shape index (κ1) is 20.0. The molecule has 1 aliphatic heterocycles. The van der Waals surface area contributed by atoms with Crippen LogP contribution in [0.2, 0.25) is 5.02 Å². The van der Waals surface area contributed by atoms with E-state index in [2.05, 4.69) is 6.58 Å². The lowest BCUT2D eigenvalue weighted by Gasteiger charge is -2.13. The summed E-state index contributed by atoms with van der Waals surface area (Å²) in [7, 11) is 0. The number of halogens is 1. The van der Waals surface area contributed by atoms with Crippen molar-refractivity contribution in [2.45, 2.75) is 0 Å². The van der Waals surface area contributed by atoms with Crippen LogP contribution in [0.1, 0.15) is 5.56 Å². The second kappa shape index (κ2) is 9.48. The molecule has 2 aromatic rings. The van der Waals surface area contributed by atoms with Gasteiger partial charge in [0.05, 0.1) is 16.5 Å². The third kappa shape index (κ3) is 4.97. The first-order valence-electron chi connectivity index (χ1n) is 8.55. The molecular weight excluding hydrogens is 398 g/mol. The zero-order chi connectivity index (χ0) is 19.9. The molecule has 0 N–H and O–H groups in total. The number of thioether (sulfide) groups is 1. The van der Waals surface area contributed by atoms with Crippen molar-refractivity contribution in [3.8, 4) is 11.5 Å². The van der Waals surface area contributed by atoms with E-state index in [-0.39, 0.29) is 24.3 Å². The van der Waals surface area contributed by atoms with E-state index in [1.807, 2.05) is 18.2 Å². The summed E-state index contributed by atoms with van der Waals surface area (Å²) in [6.07, 6.45) is 3.34. The number of imide groups is 1. The van der Waals surface area contributed by atoms with Crippen molar-refractivity contribution in [2.75, 3.05) is 19.8 Å². The van der Waals surface area contributed by atoms with E-state index < -0.39 is 0 Å². The van der Waals surface area contributed by atoms with E-state index in [4.69, 9.17) is 21.1 Å². The van der Waals surface area contributed by atoms with Crippen molar-refractivity contribution in [2.24, 2.45) is 0 Å². The van der Waals surface area contributed by atoms with Crippen LogP contribution in [0.4, 0.5) is 4.79 Å². The van der Waals surface area contributed by atoms with Crippen LogP contribution in [0.5, 0.6) is 11.5 Å². The molecule has 5 nitrogen and oxygen atoms in total. The number of para-hydroxylation sites is 1. The molecule has 3 rings (SSSR count). The SMILES string of the molecule is C=CCOc1cccc(/C=C2\SC(=O)N(CCOc3ccccc3Cl)C2=O)c1. The van der Waals surface area contributed by atoms with Gasteiger partial charge in [0, 0.05) is 0 Å². The molecule has 7 heteroatoms. The van der Waals surface area contributed by atoms with Gasteiger partial charge in [-0.25, -0.2) is 0 Å².